The molecule has 0 spiro atoms. The van der Waals surface area contributed by atoms with E-state index in [1.165, 1.54) is 22.3 Å². The minimum atomic E-state index is 1.07. The van der Waals surface area contributed by atoms with Crippen molar-refractivity contribution in [1.29, 1.82) is 0 Å². The van der Waals surface area contributed by atoms with Gasteiger partial charge in [0.05, 0.1) is 0 Å². The SMILES string of the molecule is C=C(C)c1cc(C)cc(-c2cc(C(=C)C)cc(C(=C)C)c2)c1. The van der Waals surface area contributed by atoms with Crippen molar-refractivity contribution in [3.8, 4) is 11.1 Å². The maximum absolute atomic E-state index is 4.08. The summed E-state index contributed by atoms with van der Waals surface area (Å²) in [5.74, 6) is 0. The lowest BCUT2D eigenvalue weighted by molar-refractivity contribution is 1.42. The van der Waals surface area contributed by atoms with Crippen molar-refractivity contribution in [2.45, 2.75) is 27.7 Å². The summed E-state index contributed by atoms with van der Waals surface area (Å²) in [7, 11) is 0. The molecule has 0 bridgehead atoms. The number of hydrogen-bond donors (Lipinski definition) is 0. The Labute approximate surface area is 134 Å². The molecule has 0 aliphatic rings. The van der Waals surface area contributed by atoms with Crippen LogP contribution in [0, 0.1) is 6.92 Å². The van der Waals surface area contributed by atoms with E-state index in [0.29, 0.717) is 0 Å². The predicted octanol–water partition coefficient (Wildman–Crippen LogP) is 6.76. The van der Waals surface area contributed by atoms with Gasteiger partial charge in [-0.15, -0.1) is 0 Å². The van der Waals surface area contributed by atoms with Crippen molar-refractivity contribution in [2.75, 3.05) is 0 Å². The fraction of sp³-hybridized carbons (Fsp3) is 0.182. The van der Waals surface area contributed by atoms with E-state index in [-0.39, 0.29) is 0 Å². The third kappa shape index (κ3) is 3.46. The van der Waals surface area contributed by atoms with Crippen LogP contribution in [0.2, 0.25) is 0 Å². The molecule has 0 aromatic heterocycles. The van der Waals surface area contributed by atoms with Crippen molar-refractivity contribution >= 4 is 16.7 Å². The van der Waals surface area contributed by atoms with Crippen LogP contribution in [0.3, 0.4) is 0 Å². The van der Waals surface area contributed by atoms with E-state index < -0.39 is 0 Å². The first-order chi connectivity index (χ1) is 10.3. The molecule has 0 radical (unpaired) electrons. The second kappa shape index (κ2) is 6.19. The van der Waals surface area contributed by atoms with Crippen molar-refractivity contribution in [3.63, 3.8) is 0 Å². The van der Waals surface area contributed by atoms with Gasteiger partial charge >= 0.3 is 0 Å². The zero-order chi connectivity index (χ0) is 16.4. The zero-order valence-electron chi connectivity index (χ0n) is 14.1. The molecule has 0 fully saturated rings. The van der Waals surface area contributed by atoms with Crippen LogP contribution in [-0.2, 0) is 0 Å². The average molecular weight is 288 g/mol. The van der Waals surface area contributed by atoms with Crippen LogP contribution in [-0.4, -0.2) is 0 Å². The Morgan fingerprint density at radius 3 is 1.36 bits per heavy atom. The molecule has 2 rings (SSSR count). The van der Waals surface area contributed by atoms with E-state index in [2.05, 4.69) is 63.1 Å². The summed E-state index contributed by atoms with van der Waals surface area (Å²) in [4.78, 5) is 0. The van der Waals surface area contributed by atoms with E-state index in [1.807, 2.05) is 20.8 Å². The molecule has 22 heavy (non-hydrogen) atoms. The third-order valence-electron chi connectivity index (χ3n) is 3.82. The number of allylic oxidation sites excluding steroid dienone is 3. The van der Waals surface area contributed by atoms with Gasteiger partial charge in [-0.25, -0.2) is 0 Å². The van der Waals surface area contributed by atoms with Crippen LogP contribution in [0.4, 0.5) is 0 Å². The fourth-order valence-electron chi connectivity index (χ4n) is 2.48. The highest BCUT2D eigenvalue weighted by Gasteiger charge is 2.07. The smallest absolute Gasteiger partial charge is 0.0172 e. The Balaban J connectivity index is 2.68. The van der Waals surface area contributed by atoms with Crippen molar-refractivity contribution < 1.29 is 0 Å². The van der Waals surface area contributed by atoms with Gasteiger partial charge in [0.1, 0.15) is 0 Å². The van der Waals surface area contributed by atoms with Crippen molar-refractivity contribution in [1.82, 2.24) is 0 Å². The lowest BCUT2D eigenvalue weighted by Crippen LogP contribution is -1.90. The van der Waals surface area contributed by atoms with Crippen molar-refractivity contribution in [3.05, 3.63) is 78.4 Å². The van der Waals surface area contributed by atoms with Gasteiger partial charge < -0.3 is 0 Å². The van der Waals surface area contributed by atoms with Gasteiger partial charge in [-0.2, -0.15) is 0 Å². The number of hydrogen-bond acceptors (Lipinski definition) is 0. The lowest BCUT2D eigenvalue weighted by atomic mass is 9.92. The van der Waals surface area contributed by atoms with Gasteiger partial charge in [0, 0.05) is 0 Å². The van der Waals surface area contributed by atoms with Crippen LogP contribution in [0.25, 0.3) is 27.8 Å². The maximum Gasteiger partial charge on any atom is -0.0172 e. The predicted molar refractivity (Wildman–Crippen MR) is 101 cm³/mol. The third-order valence-corrected chi connectivity index (χ3v) is 3.82. The zero-order valence-corrected chi connectivity index (χ0v) is 14.1. The topological polar surface area (TPSA) is 0 Å². The molecule has 2 aromatic carbocycles. The molecule has 0 saturated carbocycles. The molecule has 112 valence electrons. The molecule has 0 aliphatic heterocycles. The number of rotatable bonds is 4. The largest absolute Gasteiger partial charge is 0.0955 e. The van der Waals surface area contributed by atoms with E-state index in [0.717, 1.165) is 27.8 Å². The lowest BCUT2D eigenvalue weighted by Gasteiger charge is -2.12. The van der Waals surface area contributed by atoms with E-state index >= 15 is 0 Å². The van der Waals surface area contributed by atoms with Crippen LogP contribution >= 0.6 is 0 Å². The molecule has 0 aliphatic carbocycles. The van der Waals surface area contributed by atoms with Gasteiger partial charge in [-0.3, -0.25) is 0 Å². The fourth-order valence-corrected chi connectivity index (χ4v) is 2.48. The molecule has 0 N–H and O–H groups in total. The molecule has 0 atom stereocenters. The first kappa shape index (κ1) is 16.0. The standard InChI is InChI=1S/C22H24/c1-14(2)18-8-17(7)9-21(11-18)22-12-19(15(3)4)10-20(13-22)16(5)6/h8-13H,1,3,5H2,2,4,6-7H3. The normalized spacial score (nSPS) is 10.4. The van der Waals surface area contributed by atoms with E-state index in [9.17, 15) is 0 Å². The monoisotopic (exact) mass is 288 g/mol. The Morgan fingerprint density at radius 1 is 0.591 bits per heavy atom. The summed E-state index contributed by atoms with van der Waals surface area (Å²) >= 11 is 0. The molecular formula is C22H24. The Bertz CT molecular complexity index is 740. The minimum absolute atomic E-state index is 1.07. The Hall–Kier alpha value is -2.34. The van der Waals surface area contributed by atoms with Crippen LogP contribution in [0.5, 0.6) is 0 Å². The Kier molecular flexibility index (Phi) is 4.51. The summed E-state index contributed by atoms with van der Waals surface area (Å²) in [6.45, 7) is 20.5. The van der Waals surface area contributed by atoms with E-state index in [1.54, 1.807) is 0 Å². The first-order valence-electron chi connectivity index (χ1n) is 7.52. The van der Waals surface area contributed by atoms with E-state index in [4.69, 9.17) is 0 Å². The van der Waals surface area contributed by atoms with Gasteiger partial charge in [-0.1, -0.05) is 48.6 Å². The van der Waals surface area contributed by atoms with Crippen LogP contribution in [0.15, 0.2) is 56.1 Å². The van der Waals surface area contributed by atoms with Crippen molar-refractivity contribution in [2.24, 2.45) is 0 Å². The summed E-state index contributed by atoms with van der Waals surface area (Å²) in [6, 6.07) is 13.1. The minimum Gasteiger partial charge on any atom is -0.0955 e. The molecule has 0 heteroatoms. The molecular weight excluding hydrogens is 264 g/mol. The summed E-state index contributed by atoms with van der Waals surface area (Å²) in [5.41, 5.74) is 10.4. The summed E-state index contributed by atoms with van der Waals surface area (Å²) in [6.07, 6.45) is 0. The quantitative estimate of drug-likeness (QED) is 0.583. The highest BCUT2D eigenvalue weighted by atomic mass is 14.1. The van der Waals surface area contributed by atoms with Gasteiger partial charge in [0.2, 0.25) is 0 Å². The maximum atomic E-state index is 4.08. The highest BCUT2D eigenvalue weighted by molar-refractivity contribution is 5.79. The number of aryl methyl sites for hydroxylation is 1. The second-order valence-electron chi connectivity index (χ2n) is 6.23. The summed E-state index contributed by atoms with van der Waals surface area (Å²) < 4.78 is 0. The first-order valence-corrected chi connectivity index (χ1v) is 7.52. The molecule has 0 nitrogen and oxygen atoms in total. The van der Waals surface area contributed by atoms with Gasteiger partial charge in [0.25, 0.3) is 0 Å². The second-order valence-corrected chi connectivity index (χ2v) is 6.23. The van der Waals surface area contributed by atoms with Crippen LogP contribution < -0.4 is 0 Å². The van der Waals surface area contributed by atoms with Gasteiger partial charge in [0.15, 0.2) is 0 Å². The van der Waals surface area contributed by atoms with Crippen LogP contribution in [0.1, 0.15) is 43.0 Å². The molecule has 0 unspecified atom stereocenters. The highest BCUT2D eigenvalue weighted by Crippen LogP contribution is 2.30. The summed E-state index contributed by atoms with van der Waals surface area (Å²) in [5, 5.41) is 0. The Morgan fingerprint density at radius 2 is 0.955 bits per heavy atom. The molecule has 0 heterocycles. The molecule has 0 saturated heterocycles. The molecule has 0 amide bonds. The molecule has 2 aromatic rings. The number of benzene rings is 2. The van der Waals surface area contributed by atoms with Gasteiger partial charge in [-0.05, 0) is 85.3 Å². The average Bonchev–Trinajstić information content (AvgIpc) is 2.45.